The molecule has 0 radical (unpaired) electrons. The Morgan fingerprint density at radius 1 is 1.05 bits per heavy atom. The molecule has 1 N–H and O–H groups in total. The van der Waals surface area contributed by atoms with E-state index in [-0.39, 0.29) is 0 Å². The van der Waals surface area contributed by atoms with Gasteiger partial charge < -0.3 is 5.32 Å². The summed E-state index contributed by atoms with van der Waals surface area (Å²) in [5, 5.41) is 3.44. The fraction of sp³-hybridized carbons (Fsp3) is 0.333. The maximum atomic E-state index is 3.48. The molecule has 0 saturated carbocycles. The van der Waals surface area contributed by atoms with Crippen molar-refractivity contribution in [3.63, 3.8) is 0 Å². The molecule has 0 spiro atoms. The van der Waals surface area contributed by atoms with Gasteiger partial charge in [0.1, 0.15) is 0 Å². The smallest absolute Gasteiger partial charge is 0.0175 e. The van der Waals surface area contributed by atoms with Crippen molar-refractivity contribution in [3.8, 4) is 0 Å². The summed E-state index contributed by atoms with van der Waals surface area (Å²) >= 11 is 3.48. The molecule has 0 aliphatic heterocycles. The largest absolute Gasteiger partial charge is 0.317 e. The number of nitrogens with one attached hydrogen (secondary N) is 1. The molecule has 0 aliphatic carbocycles. The Morgan fingerprint density at radius 3 is 2.40 bits per heavy atom. The molecule has 0 fully saturated rings. The third-order valence-corrected chi connectivity index (χ3v) is 4.36. The van der Waals surface area contributed by atoms with E-state index in [0.717, 1.165) is 23.7 Å². The van der Waals surface area contributed by atoms with Crippen LogP contribution in [-0.2, 0) is 12.8 Å². The van der Waals surface area contributed by atoms with Crippen LogP contribution >= 0.6 is 15.9 Å². The normalized spacial score (nSPS) is 12.3. The number of aryl methyl sites for hydroxylation is 2. The van der Waals surface area contributed by atoms with Gasteiger partial charge in [-0.1, -0.05) is 52.3 Å². The maximum absolute atomic E-state index is 3.48. The van der Waals surface area contributed by atoms with Crippen molar-refractivity contribution < 1.29 is 0 Å². The topological polar surface area (TPSA) is 12.0 Å². The quantitative estimate of drug-likeness (QED) is 0.820. The minimum absolute atomic E-state index is 0.524. The minimum atomic E-state index is 0.524. The molecule has 1 nitrogen and oxygen atoms in total. The molecule has 0 aliphatic rings. The summed E-state index contributed by atoms with van der Waals surface area (Å²) < 4.78 is 1.14. The lowest BCUT2D eigenvalue weighted by atomic mass is 9.97. The van der Waals surface area contributed by atoms with Crippen LogP contribution in [0, 0.1) is 6.92 Å². The van der Waals surface area contributed by atoms with Gasteiger partial charge in [-0.25, -0.2) is 0 Å². The van der Waals surface area contributed by atoms with Gasteiger partial charge in [0.25, 0.3) is 0 Å². The van der Waals surface area contributed by atoms with Crippen LogP contribution in [0.1, 0.15) is 23.1 Å². The summed E-state index contributed by atoms with van der Waals surface area (Å²) in [5.41, 5.74) is 4.24. The highest BCUT2D eigenvalue weighted by Crippen LogP contribution is 2.15. The van der Waals surface area contributed by atoms with E-state index in [9.17, 15) is 0 Å². The van der Waals surface area contributed by atoms with Crippen LogP contribution in [0.4, 0.5) is 0 Å². The van der Waals surface area contributed by atoms with E-state index in [1.165, 1.54) is 16.7 Å². The molecule has 0 amide bonds. The van der Waals surface area contributed by atoms with Gasteiger partial charge in [0.15, 0.2) is 0 Å². The first-order chi connectivity index (χ1) is 9.69. The Labute approximate surface area is 130 Å². The lowest BCUT2D eigenvalue weighted by Gasteiger charge is -2.17. The van der Waals surface area contributed by atoms with E-state index < -0.39 is 0 Å². The van der Waals surface area contributed by atoms with Crippen LogP contribution in [0.2, 0.25) is 0 Å². The van der Waals surface area contributed by atoms with Gasteiger partial charge in [0.2, 0.25) is 0 Å². The van der Waals surface area contributed by atoms with Crippen molar-refractivity contribution in [3.05, 3.63) is 69.7 Å². The molecule has 1 unspecified atom stereocenters. The standard InChI is InChI=1S/C18H22BrN/c1-14-5-3-4-6-16(14)9-12-18(20-2)13-15-7-10-17(19)11-8-15/h3-8,10-11,18,20H,9,12-13H2,1-2H3. The number of rotatable bonds is 6. The highest BCUT2D eigenvalue weighted by atomic mass is 79.9. The van der Waals surface area contributed by atoms with Gasteiger partial charge in [0, 0.05) is 10.5 Å². The second-order valence-corrected chi connectivity index (χ2v) is 6.20. The number of hydrogen-bond acceptors (Lipinski definition) is 1. The number of likely N-dealkylation sites (N-methyl/N-ethyl adjacent to an activating group) is 1. The molecule has 0 saturated heterocycles. The molecule has 2 aromatic rings. The van der Waals surface area contributed by atoms with Crippen LogP contribution in [-0.4, -0.2) is 13.1 Å². The van der Waals surface area contributed by atoms with E-state index in [0.29, 0.717) is 6.04 Å². The van der Waals surface area contributed by atoms with Crippen molar-refractivity contribution in [2.45, 2.75) is 32.2 Å². The zero-order valence-electron chi connectivity index (χ0n) is 12.2. The second kappa shape index (κ2) is 7.61. The Hall–Kier alpha value is -1.12. The van der Waals surface area contributed by atoms with Crippen LogP contribution in [0.5, 0.6) is 0 Å². The molecule has 0 heterocycles. The third kappa shape index (κ3) is 4.46. The SMILES string of the molecule is CNC(CCc1ccccc1C)Cc1ccc(Br)cc1. The minimum Gasteiger partial charge on any atom is -0.317 e. The number of halogens is 1. The summed E-state index contributed by atoms with van der Waals surface area (Å²) in [7, 11) is 2.06. The first-order valence-corrected chi connectivity index (χ1v) is 7.94. The van der Waals surface area contributed by atoms with E-state index in [2.05, 4.69) is 83.7 Å². The summed E-state index contributed by atoms with van der Waals surface area (Å²) in [6.45, 7) is 2.19. The average molecular weight is 332 g/mol. The summed E-state index contributed by atoms with van der Waals surface area (Å²) in [4.78, 5) is 0. The lowest BCUT2D eigenvalue weighted by molar-refractivity contribution is 0.519. The Morgan fingerprint density at radius 2 is 1.75 bits per heavy atom. The Kier molecular flexibility index (Phi) is 5.81. The predicted octanol–water partition coefficient (Wildman–Crippen LogP) is 4.52. The van der Waals surface area contributed by atoms with E-state index >= 15 is 0 Å². The molecule has 20 heavy (non-hydrogen) atoms. The molecule has 2 rings (SSSR count). The van der Waals surface area contributed by atoms with E-state index in [1.54, 1.807) is 0 Å². The predicted molar refractivity (Wildman–Crippen MR) is 90.2 cm³/mol. The van der Waals surface area contributed by atoms with Gasteiger partial charge >= 0.3 is 0 Å². The Balaban J connectivity index is 1.92. The molecular formula is C18H22BrN. The van der Waals surface area contributed by atoms with Gasteiger partial charge in [0.05, 0.1) is 0 Å². The van der Waals surface area contributed by atoms with Crippen molar-refractivity contribution in [1.82, 2.24) is 5.32 Å². The average Bonchev–Trinajstić information content (AvgIpc) is 2.47. The molecule has 0 bridgehead atoms. The van der Waals surface area contributed by atoms with Gasteiger partial charge in [-0.05, 0) is 62.1 Å². The molecule has 2 heteroatoms. The lowest BCUT2D eigenvalue weighted by Crippen LogP contribution is -2.28. The highest BCUT2D eigenvalue weighted by Gasteiger charge is 2.08. The van der Waals surface area contributed by atoms with Crippen molar-refractivity contribution in [2.24, 2.45) is 0 Å². The first kappa shape index (κ1) is 15.3. The molecule has 1 atom stereocenters. The van der Waals surface area contributed by atoms with Crippen LogP contribution < -0.4 is 5.32 Å². The van der Waals surface area contributed by atoms with Gasteiger partial charge in [-0.3, -0.25) is 0 Å². The molecular weight excluding hydrogens is 310 g/mol. The Bertz CT molecular complexity index is 533. The number of hydrogen-bond donors (Lipinski definition) is 1. The van der Waals surface area contributed by atoms with Crippen LogP contribution in [0.15, 0.2) is 53.0 Å². The van der Waals surface area contributed by atoms with Gasteiger partial charge in [-0.15, -0.1) is 0 Å². The second-order valence-electron chi connectivity index (χ2n) is 5.28. The fourth-order valence-electron chi connectivity index (χ4n) is 2.47. The van der Waals surface area contributed by atoms with Crippen molar-refractivity contribution >= 4 is 15.9 Å². The van der Waals surface area contributed by atoms with Crippen LogP contribution in [0.3, 0.4) is 0 Å². The summed E-state index contributed by atoms with van der Waals surface area (Å²) in [6.07, 6.45) is 3.38. The summed E-state index contributed by atoms with van der Waals surface area (Å²) in [5.74, 6) is 0. The highest BCUT2D eigenvalue weighted by molar-refractivity contribution is 9.10. The van der Waals surface area contributed by atoms with Crippen molar-refractivity contribution in [1.29, 1.82) is 0 Å². The molecule has 0 aromatic heterocycles. The zero-order valence-corrected chi connectivity index (χ0v) is 13.8. The van der Waals surface area contributed by atoms with E-state index in [4.69, 9.17) is 0 Å². The summed E-state index contributed by atoms with van der Waals surface area (Å²) in [6, 6.07) is 17.8. The van der Waals surface area contributed by atoms with Crippen molar-refractivity contribution in [2.75, 3.05) is 7.05 Å². The zero-order chi connectivity index (χ0) is 14.4. The fourth-order valence-corrected chi connectivity index (χ4v) is 2.74. The number of benzene rings is 2. The monoisotopic (exact) mass is 331 g/mol. The molecule has 2 aromatic carbocycles. The maximum Gasteiger partial charge on any atom is 0.0175 e. The first-order valence-electron chi connectivity index (χ1n) is 7.15. The van der Waals surface area contributed by atoms with E-state index in [1.807, 2.05) is 0 Å². The van der Waals surface area contributed by atoms with Gasteiger partial charge in [-0.2, -0.15) is 0 Å². The third-order valence-electron chi connectivity index (χ3n) is 3.83. The van der Waals surface area contributed by atoms with Crippen LogP contribution in [0.25, 0.3) is 0 Å². The molecule has 106 valence electrons.